The average Bonchev–Trinajstić information content (AvgIpc) is 2.90. The molecule has 0 aliphatic heterocycles. The Labute approximate surface area is 124 Å². The third-order valence-corrected chi connectivity index (χ3v) is 3.52. The maximum atomic E-state index is 11.7. The number of nitrogens with one attached hydrogen (secondary N) is 1. The maximum Gasteiger partial charge on any atom is 0.311 e. The van der Waals surface area contributed by atoms with Crippen molar-refractivity contribution in [2.45, 2.75) is 52.9 Å². The Bertz CT molecular complexity index is 486. The van der Waals surface area contributed by atoms with E-state index in [0.717, 1.165) is 12.8 Å². The molecule has 1 unspecified atom stereocenters. The van der Waals surface area contributed by atoms with Crippen LogP contribution in [0.1, 0.15) is 51.7 Å². The fourth-order valence-corrected chi connectivity index (χ4v) is 1.67. The summed E-state index contributed by atoms with van der Waals surface area (Å²) < 4.78 is 5.04. The molecule has 1 rings (SSSR count). The van der Waals surface area contributed by atoms with Gasteiger partial charge in [0.2, 0.25) is 11.8 Å². The molecule has 21 heavy (non-hydrogen) atoms. The van der Waals surface area contributed by atoms with Gasteiger partial charge in [-0.15, -0.1) is 0 Å². The molecule has 1 amide bonds. The van der Waals surface area contributed by atoms with Gasteiger partial charge in [-0.2, -0.15) is 4.98 Å². The summed E-state index contributed by atoms with van der Waals surface area (Å²) in [5, 5.41) is 15.6. The smallest absolute Gasteiger partial charge is 0.311 e. The molecule has 0 aromatic carbocycles. The Morgan fingerprint density at radius 1 is 1.33 bits per heavy atom. The minimum Gasteiger partial charge on any atom is -0.481 e. The minimum absolute atomic E-state index is 0.114. The molecule has 0 spiro atoms. The highest BCUT2D eigenvalue weighted by molar-refractivity contribution is 5.78. The average molecular weight is 297 g/mol. The molecule has 0 aliphatic carbocycles. The van der Waals surface area contributed by atoms with Crippen molar-refractivity contribution in [3.05, 3.63) is 11.7 Å². The summed E-state index contributed by atoms with van der Waals surface area (Å²) >= 11 is 0. The summed E-state index contributed by atoms with van der Waals surface area (Å²) in [4.78, 5) is 27.0. The van der Waals surface area contributed by atoms with Crippen molar-refractivity contribution in [1.82, 2.24) is 15.5 Å². The summed E-state index contributed by atoms with van der Waals surface area (Å²) in [6.07, 6.45) is 2.70. The Morgan fingerprint density at radius 3 is 2.62 bits per heavy atom. The van der Waals surface area contributed by atoms with E-state index < -0.39 is 11.4 Å². The number of carbonyl (C=O) groups excluding carboxylic acids is 1. The van der Waals surface area contributed by atoms with Crippen molar-refractivity contribution in [2.75, 3.05) is 6.54 Å². The van der Waals surface area contributed by atoms with Crippen LogP contribution in [0.5, 0.6) is 0 Å². The summed E-state index contributed by atoms with van der Waals surface area (Å²) in [6, 6.07) is 0. The molecule has 1 atom stereocenters. The van der Waals surface area contributed by atoms with Crippen molar-refractivity contribution in [2.24, 2.45) is 5.41 Å². The lowest BCUT2D eigenvalue weighted by molar-refractivity contribution is -0.148. The first-order valence-corrected chi connectivity index (χ1v) is 7.22. The van der Waals surface area contributed by atoms with Crippen molar-refractivity contribution < 1.29 is 19.2 Å². The van der Waals surface area contributed by atoms with Crippen molar-refractivity contribution >= 4 is 11.9 Å². The monoisotopic (exact) mass is 297 g/mol. The van der Waals surface area contributed by atoms with Crippen LogP contribution in [0.3, 0.4) is 0 Å². The van der Waals surface area contributed by atoms with Crippen LogP contribution in [0.15, 0.2) is 4.52 Å². The van der Waals surface area contributed by atoms with Gasteiger partial charge in [0.15, 0.2) is 5.82 Å². The SMILES string of the molecule is CCCc1noc(CCC(=O)NCC(C)(CC)C(=O)O)n1. The molecule has 1 aromatic heterocycles. The van der Waals surface area contributed by atoms with Gasteiger partial charge in [-0.05, 0) is 19.8 Å². The molecule has 7 nitrogen and oxygen atoms in total. The van der Waals surface area contributed by atoms with E-state index in [1.165, 1.54) is 0 Å². The molecule has 0 saturated heterocycles. The fourth-order valence-electron chi connectivity index (χ4n) is 1.67. The van der Waals surface area contributed by atoms with Crippen LogP contribution in [0, 0.1) is 5.41 Å². The highest BCUT2D eigenvalue weighted by atomic mass is 16.5. The van der Waals surface area contributed by atoms with E-state index in [-0.39, 0.29) is 18.9 Å². The summed E-state index contributed by atoms with van der Waals surface area (Å²) in [6.45, 7) is 5.54. The molecule has 1 heterocycles. The molecular formula is C14H23N3O4. The molecule has 0 bridgehead atoms. The lowest BCUT2D eigenvalue weighted by Crippen LogP contribution is -2.40. The number of amides is 1. The number of carbonyl (C=O) groups is 2. The second-order valence-corrected chi connectivity index (χ2v) is 5.35. The molecule has 0 saturated carbocycles. The van der Waals surface area contributed by atoms with Crippen LogP contribution >= 0.6 is 0 Å². The van der Waals surface area contributed by atoms with Crippen LogP contribution in [0.2, 0.25) is 0 Å². The van der Waals surface area contributed by atoms with E-state index in [0.29, 0.717) is 24.6 Å². The normalized spacial score (nSPS) is 13.7. The molecule has 0 fully saturated rings. The number of rotatable bonds is 9. The third-order valence-electron chi connectivity index (χ3n) is 3.52. The highest BCUT2D eigenvalue weighted by Crippen LogP contribution is 2.19. The maximum absolute atomic E-state index is 11.7. The summed E-state index contributed by atoms with van der Waals surface area (Å²) in [5.41, 5.74) is -0.936. The number of carboxylic acids is 1. The predicted octanol–water partition coefficient (Wildman–Crippen LogP) is 1.57. The van der Waals surface area contributed by atoms with Crippen LogP contribution in [0.4, 0.5) is 0 Å². The molecule has 0 radical (unpaired) electrons. The van der Waals surface area contributed by atoms with Gasteiger partial charge in [0, 0.05) is 25.8 Å². The van der Waals surface area contributed by atoms with Gasteiger partial charge < -0.3 is 14.9 Å². The zero-order chi connectivity index (χ0) is 15.9. The van der Waals surface area contributed by atoms with Crippen molar-refractivity contribution in [1.29, 1.82) is 0 Å². The Hall–Kier alpha value is -1.92. The standard InChI is InChI=1S/C14H23N3O4/c1-4-6-10-16-12(21-17-10)8-7-11(18)15-9-14(3,5-2)13(19)20/h4-9H2,1-3H3,(H,15,18)(H,19,20). The van der Waals surface area contributed by atoms with E-state index in [1.54, 1.807) is 13.8 Å². The fraction of sp³-hybridized carbons (Fsp3) is 0.714. The van der Waals surface area contributed by atoms with E-state index in [2.05, 4.69) is 15.5 Å². The Morgan fingerprint density at radius 2 is 2.05 bits per heavy atom. The van der Waals surface area contributed by atoms with E-state index in [9.17, 15) is 9.59 Å². The lowest BCUT2D eigenvalue weighted by atomic mass is 9.87. The summed E-state index contributed by atoms with van der Waals surface area (Å²) in [7, 11) is 0. The predicted molar refractivity (Wildman–Crippen MR) is 75.7 cm³/mol. The second kappa shape index (κ2) is 7.75. The number of aryl methyl sites for hydroxylation is 2. The largest absolute Gasteiger partial charge is 0.481 e. The minimum atomic E-state index is -0.936. The van der Waals surface area contributed by atoms with Crippen molar-refractivity contribution in [3.63, 3.8) is 0 Å². The zero-order valence-electron chi connectivity index (χ0n) is 12.8. The third kappa shape index (κ3) is 5.17. The molecule has 0 aliphatic rings. The Balaban J connectivity index is 2.38. The van der Waals surface area contributed by atoms with Gasteiger partial charge >= 0.3 is 5.97 Å². The topological polar surface area (TPSA) is 105 Å². The molecule has 2 N–H and O–H groups in total. The molecular weight excluding hydrogens is 274 g/mol. The first-order valence-electron chi connectivity index (χ1n) is 7.22. The van der Waals surface area contributed by atoms with Crippen LogP contribution in [0.25, 0.3) is 0 Å². The van der Waals surface area contributed by atoms with Gasteiger partial charge in [-0.1, -0.05) is 19.0 Å². The van der Waals surface area contributed by atoms with E-state index in [4.69, 9.17) is 9.63 Å². The van der Waals surface area contributed by atoms with Gasteiger partial charge in [0.1, 0.15) is 0 Å². The van der Waals surface area contributed by atoms with Crippen LogP contribution in [-0.2, 0) is 22.4 Å². The number of nitrogens with zero attached hydrogens (tertiary/aromatic N) is 2. The van der Waals surface area contributed by atoms with Crippen LogP contribution < -0.4 is 5.32 Å². The zero-order valence-corrected chi connectivity index (χ0v) is 12.8. The van der Waals surface area contributed by atoms with Crippen molar-refractivity contribution in [3.8, 4) is 0 Å². The molecule has 1 aromatic rings. The molecule has 7 heteroatoms. The van der Waals surface area contributed by atoms with Gasteiger partial charge in [-0.25, -0.2) is 0 Å². The summed E-state index contributed by atoms with van der Waals surface area (Å²) in [5.74, 6) is -0.0417. The first-order chi connectivity index (χ1) is 9.91. The van der Waals surface area contributed by atoms with Crippen LogP contribution in [-0.4, -0.2) is 33.7 Å². The quantitative estimate of drug-likeness (QED) is 0.716. The second-order valence-electron chi connectivity index (χ2n) is 5.35. The lowest BCUT2D eigenvalue weighted by Gasteiger charge is -2.23. The number of carboxylic acid groups (broad SMARTS) is 1. The van der Waals surface area contributed by atoms with Gasteiger partial charge in [0.05, 0.1) is 5.41 Å². The van der Waals surface area contributed by atoms with E-state index >= 15 is 0 Å². The number of hydrogen-bond donors (Lipinski definition) is 2. The van der Waals surface area contributed by atoms with E-state index in [1.807, 2.05) is 6.92 Å². The highest BCUT2D eigenvalue weighted by Gasteiger charge is 2.31. The Kier molecular flexibility index (Phi) is 6.33. The first kappa shape index (κ1) is 17.1. The molecule has 118 valence electrons. The van der Waals surface area contributed by atoms with Gasteiger partial charge in [0.25, 0.3) is 0 Å². The van der Waals surface area contributed by atoms with Gasteiger partial charge in [-0.3, -0.25) is 9.59 Å². The number of aliphatic carboxylic acids is 1. The number of aromatic nitrogens is 2. The number of hydrogen-bond acceptors (Lipinski definition) is 5.